The minimum absolute atomic E-state index is 0.125. The fourth-order valence-corrected chi connectivity index (χ4v) is 1.05. The van der Waals surface area contributed by atoms with Gasteiger partial charge in [-0.1, -0.05) is 5.16 Å². The molecule has 6 heteroatoms. The Hall–Kier alpha value is -0.880. The summed E-state index contributed by atoms with van der Waals surface area (Å²) in [5.74, 6) is 0. The van der Waals surface area contributed by atoms with Gasteiger partial charge in [0.25, 0.3) is 10.1 Å². The zero-order valence-corrected chi connectivity index (χ0v) is 7.37. The quantitative estimate of drug-likeness (QED) is 0.635. The largest absolute Gasteiger partial charge is 0.364 e. The van der Waals surface area contributed by atoms with Crippen molar-refractivity contribution in [1.29, 1.82) is 0 Å². The molecule has 12 heavy (non-hydrogen) atoms. The van der Waals surface area contributed by atoms with E-state index in [9.17, 15) is 8.42 Å². The van der Waals surface area contributed by atoms with Crippen LogP contribution in [0.2, 0.25) is 0 Å². The van der Waals surface area contributed by atoms with Gasteiger partial charge in [0, 0.05) is 12.0 Å². The van der Waals surface area contributed by atoms with Crippen molar-refractivity contribution in [2.75, 3.05) is 12.9 Å². The zero-order chi connectivity index (χ0) is 9.03. The van der Waals surface area contributed by atoms with Gasteiger partial charge in [-0.25, -0.2) is 0 Å². The molecule has 0 bridgehead atoms. The van der Waals surface area contributed by atoms with Crippen LogP contribution in [0.1, 0.15) is 5.56 Å². The summed E-state index contributed by atoms with van der Waals surface area (Å²) in [5.41, 5.74) is 0.818. The van der Waals surface area contributed by atoms with E-state index in [1.54, 1.807) is 0 Å². The molecule has 0 spiro atoms. The predicted molar refractivity (Wildman–Crippen MR) is 41.0 cm³/mol. The summed E-state index contributed by atoms with van der Waals surface area (Å²) in [6.45, 7) is 0.125. The number of nitrogens with zero attached hydrogens (tertiary/aromatic N) is 1. The highest BCUT2D eigenvalue weighted by Gasteiger charge is 2.02. The van der Waals surface area contributed by atoms with Crippen LogP contribution in [0.5, 0.6) is 0 Å². The summed E-state index contributed by atoms with van der Waals surface area (Å²) in [6, 6.07) is 0. The third kappa shape index (κ3) is 3.49. The van der Waals surface area contributed by atoms with E-state index in [1.165, 1.54) is 12.5 Å². The second kappa shape index (κ2) is 3.68. The Labute approximate surface area is 70.4 Å². The number of aromatic nitrogens is 1. The molecule has 0 aliphatic rings. The molecule has 0 saturated carbocycles. The van der Waals surface area contributed by atoms with Crippen LogP contribution in [0.25, 0.3) is 0 Å². The second-order valence-corrected chi connectivity index (χ2v) is 3.95. The van der Waals surface area contributed by atoms with E-state index < -0.39 is 10.1 Å². The first-order valence-electron chi connectivity index (χ1n) is 3.30. The van der Waals surface area contributed by atoms with Crippen molar-refractivity contribution < 1.29 is 17.1 Å². The maximum absolute atomic E-state index is 10.5. The van der Waals surface area contributed by atoms with Crippen LogP contribution in [0.4, 0.5) is 0 Å². The summed E-state index contributed by atoms with van der Waals surface area (Å²) < 4.78 is 30.0. The molecule has 5 nitrogen and oxygen atoms in total. The first-order chi connectivity index (χ1) is 5.58. The van der Waals surface area contributed by atoms with Gasteiger partial charge in [0.15, 0.2) is 0 Å². The van der Waals surface area contributed by atoms with Gasteiger partial charge in [0.05, 0.1) is 19.1 Å². The van der Waals surface area contributed by atoms with Crippen LogP contribution in [0.3, 0.4) is 0 Å². The lowest BCUT2D eigenvalue weighted by atomic mass is 10.3. The van der Waals surface area contributed by atoms with E-state index in [2.05, 4.69) is 13.9 Å². The minimum Gasteiger partial charge on any atom is -0.364 e. The number of hydrogen-bond donors (Lipinski definition) is 0. The molecule has 1 aromatic rings. The molecule has 0 aliphatic carbocycles. The Morgan fingerprint density at radius 1 is 1.67 bits per heavy atom. The average molecular weight is 191 g/mol. The Balaban J connectivity index is 2.29. The van der Waals surface area contributed by atoms with E-state index in [0.717, 1.165) is 11.8 Å². The van der Waals surface area contributed by atoms with Crippen molar-refractivity contribution in [3.05, 3.63) is 18.0 Å². The lowest BCUT2D eigenvalue weighted by molar-refractivity contribution is 0.325. The lowest BCUT2D eigenvalue weighted by Crippen LogP contribution is -2.05. The van der Waals surface area contributed by atoms with Crippen LogP contribution in [-0.4, -0.2) is 26.4 Å². The highest BCUT2D eigenvalue weighted by molar-refractivity contribution is 7.85. The highest BCUT2D eigenvalue weighted by Crippen LogP contribution is 1.98. The molecule has 0 radical (unpaired) electrons. The van der Waals surface area contributed by atoms with Crippen molar-refractivity contribution in [3.63, 3.8) is 0 Å². The fraction of sp³-hybridized carbons (Fsp3) is 0.500. The molecule has 0 N–H and O–H groups in total. The van der Waals surface area contributed by atoms with Crippen LogP contribution in [0.15, 0.2) is 17.0 Å². The van der Waals surface area contributed by atoms with Gasteiger partial charge in [-0.05, 0) is 0 Å². The molecular formula is C6H9NO4S. The van der Waals surface area contributed by atoms with Crippen molar-refractivity contribution in [2.45, 2.75) is 6.42 Å². The summed E-state index contributed by atoms with van der Waals surface area (Å²) in [6.07, 6.45) is 4.47. The SMILES string of the molecule is CS(=O)(=O)OCCc1cnoc1. The Morgan fingerprint density at radius 3 is 2.92 bits per heavy atom. The van der Waals surface area contributed by atoms with Crippen LogP contribution in [0, 0.1) is 0 Å². The zero-order valence-electron chi connectivity index (χ0n) is 6.56. The molecule has 0 unspecified atom stereocenters. The topological polar surface area (TPSA) is 69.4 Å². The summed E-state index contributed by atoms with van der Waals surface area (Å²) in [5, 5.41) is 3.46. The summed E-state index contributed by atoms with van der Waals surface area (Å²) in [7, 11) is -3.33. The van der Waals surface area contributed by atoms with E-state index in [1.807, 2.05) is 0 Å². The van der Waals surface area contributed by atoms with Crippen LogP contribution < -0.4 is 0 Å². The maximum atomic E-state index is 10.5. The monoisotopic (exact) mass is 191 g/mol. The fourth-order valence-electron chi connectivity index (χ4n) is 0.661. The molecule has 0 aliphatic heterocycles. The maximum Gasteiger partial charge on any atom is 0.264 e. The van der Waals surface area contributed by atoms with Crippen molar-refractivity contribution >= 4 is 10.1 Å². The lowest BCUT2D eigenvalue weighted by Gasteiger charge is -1.97. The molecule has 0 fully saturated rings. The number of hydrogen-bond acceptors (Lipinski definition) is 5. The third-order valence-corrected chi connectivity index (χ3v) is 1.77. The van der Waals surface area contributed by atoms with Crippen molar-refractivity contribution in [2.24, 2.45) is 0 Å². The van der Waals surface area contributed by atoms with Gasteiger partial charge in [-0.2, -0.15) is 8.42 Å². The van der Waals surface area contributed by atoms with Crippen molar-refractivity contribution in [1.82, 2.24) is 5.16 Å². The Bertz CT molecular complexity index is 315. The van der Waals surface area contributed by atoms with E-state index in [0.29, 0.717) is 6.42 Å². The minimum atomic E-state index is -3.33. The van der Waals surface area contributed by atoms with E-state index in [4.69, 9.17) is 0 Å². The van der Waals surface area contributed by atoms with Crippen LogP contribution in [-0.2, 0) is 20.7 Å². The van der Waals surface area contributed by atoms with Gasteiger partial charge in [0.1, 0.15) is 6.26 Å². The molecule has 1 rings (SSSR count). The molecule has 68 valence electrons. The highest BCUT2D eigenvalue weighted by atomic mass is 32.2. The molecule has 0 aromatic carbocycles. The van der Waals surface area contributed by atoms with E-state index >= 15 is 0 Å². The third-order valence-electron chi connectivity index (χ3n) is 1.17. The molecule has 1 aromatic heterocycles. The predicted octanol–water partition coefficient (Wildman–Crippen LogP) is 0.193. The normalized spacial score (nSPS) is 11.8. The first-order valence-corrected chi connectivity index (χ1v) is 5.12. The van der Waals surface area contributed by atoms with Crippen LogP contribution >= 0.6 is 0 Å². The molecule has 0 atom stereocenters. The number of rotatable bonds is 4. The van der Waals surface area contributed by atoms with E-state index in [-0.39, 0.29) is 6.61 Å². The second-order valence-electron chi connectivity index (χ2n) is 2.31. The molecule has 0 amide bonds. The molecule has 0 saturated heterocycles. The molecular weight excluding hydrogens is 182 g/mol. The standard InChI is InChI=1S/C6H9NO4S/c1-12(8,9)11-3-2-6-4-7-10-5-6/h4-5H,2-3H2,1H3. The first kappa shape index (κ1) is 9.21. The Kier molecular flexibility index (Phi) is 2.83. The Morgan fingerprint density at radius 2 is 2.42 bits per heavy atom. The summed E-state index contributed by atoms with van der Waals surface area (Å²) in [4.78, 5) is 0. The van der Waals surface area contributed by atoms with Crippen molar-refractivity contribution in [3.8, 4) is 0 Å². The van der Waals surface area contributed by atoms with Gasteiger partial charge in [0.2, 0.25) is 0 Å². The average Bonchev–Trinajstić information content (AvgIpc) is 2.36. The summed E-state index contributed by atoms with van der Waals surface area (Å²) >= 11 is 0. The van der Waals surface area contributed by atoms with Gasteiger partial charge in [-0.3, -0.25) is 4.18 Å². The van der Waals surface area contributed by atoms with Gasteiger partial charge in [-0.15, -0.1) is 0 Å². The molecule has 1 heterocycles. The van der Waals surface area contributed by atoms with Gasteiger partial charge < -0.3 is 4.52 Å². The van der Waals surface area contributed by atoms with Gasteiger partial charge >= 0.3 is 0 Å². The smallest absolute Gasteiger partial charge is 0.264 e.